The van der Waals surface area contributed by atoms with Gasteiger partial charge in [-0.15, -0.1) is 0 Å². The highest BCUT2D eigenvalue weighted by Gasteiger charge is 2.12. The number of nitrogens with one attached hydrogen (secondary N) is 2. The van der Waals surface area contributed by atoms with Crippen molar-refractivity contribution in [2.45, 2.75) is 38.5 Å². The first-order chi connectivity index (χ1) is 11.2. The van der Waals surface area contributed by atoms with Crippen LogP contribution in [0.2, 0.25) is 0 Å². The smallest absolute Gasteiger partial charge is 0.233 e. The van der Waals surface area contributed by atoms with Crippen LogP contribution in [0.3, 0.4) is 0 Å². The predicted octanol–water partition coefficient (Wildman–Crippen LogP) is 3.03. The van der Waals surface area contributed by atoms with Crippen molar-refractivity contribution in [2.75, 3.05) is 19.0 Å². The van der Waals surface area contributed by atoms with E-state index in [9.17, 15) is 9.59 Å². The largest absolute Gasteiger partial charge is 0.495 e. The van der Waals surface area contributed by atoms with E-state index >= 15 is 0 Å². The molecule has 0 atom stereocenters. The maximum absolute atomic E-state index is 11.9. The molecule has 1 aliphatic carbocycles. The van der Waals surface area contributed by atoms with Gasteiger partial charge in [0.25, 0.3) is 0 Å². The monoisotopic (exact) mass is 316 g/mol. The van der Waals surface area contributed by atoms with Crippen molar-refractivity contribution < 1.29 is 14.3 Å². The van der Waals surface area contributed by atoms with Crippen molar-refractivity contribution in [1.29, 1.82) is 0 Å². The van der Waals surface area contributed by atoms with Gasteiger partial charge >= 0.3 is 0 Å². The molecule has 1 aromatic carbocycles. The highest BCUT2D eigenvalue weighted by Crippen LogP contribution is 2.23. The highest BCUT2D eigenvalue weighted by atomic mass is 16.5. The first-order valence-corrected chi connectivity index (χ1v) is 8.06. The van der Waals surface area contributed by atoms with Crippen molar-refractivity contribution in [3.8, 4) is 5.75 Å². The molecule has 1 aliphatic rings. The Morgan fingerprint density at radius 3 is 2.74 bits per heavy atom. The fraction of sp³-hybridized carbons (Fsp3) is 0.444. The summed E-state index contributed by atoms with van der Waals surface area (Å²) in [6.07, 6.45) is 7.73. The summed E-state index contributed by atoms with van der Waals surface area (Å²) in [6, 6.07) is 7.12. The van der Waals surface area contributed by atoms with Crippen LogP contribution in [0.1, 0.15) is 38.5 Å². The Morgan fingerprint density at radius 1 is 1.17 bits per heavy atom. The maximum Gasteiger partial charge on any atom is 0.233 e. The molecule has 2 N–H and O–H groups in total. The number of hydrogen-bond acceptors (Lipinski definition) is 3. The minimum absolute atomic E-state index is 0.183. The number of para-hydroxylation sites is 2. The lowest BCUT2D eigenvalue weighted by Crippen LogP contribution is -2.29. The van der Waals surface area contributed by atoms with E-state index in [1.54, 1.807) is 18.2 Å². The summed E-state index contributed by atoms with van der Waals surface area (Å²) in [5.74, 6) is -0.0248. The Bertz CT molecular complexity index is 581. The Morgan fingerprint density at radius 2 is 2.00 bits per heavy atom. The van der Waals surface area contributed by atoms with Crippen molar-refractivity contribution in [3.05, 3.63) is 35.9 Å². The van der Waals surface area contributed by atoms with Gasteiger partial charge in [0.05, 0.1) is 12.8 Å². The molecule has 5 nitrogen and oxygen atoms in total. The Balaban J connectivity index is 1.72. The number of allylic oxidation sites excluding steroid dienone is 1. The zero-order valence-corrected chi connectivity index (χ0v) is 13.6. The van der Waals surface area contributed by atoms with Crippen LogP contribution in [0.4, 0.5) is 5.69 Å². The lowest BCUT2D eigenvalue weighted by Gasteiger charge is -2.13. The molecule has 2 rings (SSSR count). The van der Waals surface area contributed by atoms with Crippen LogP contribution in [-0.4, -0.2) is 25.5 Å². The van der Waals surface area contributed by atoms with Gasteiger partial charge < -0.3 is 15.4 Å². The predicted molar refractivity (Wildman–Crippen MR) is 90.4 cm³/mol. The molecule has 0 saturated heterocycles. The molecule has 5 heteroatoms. The standard InChI is InChI=1S/C18H24N2O3/c1-23-16-10-6-5-9-15(16)20-18(22)13-17(21)19-12-11-14-7-3-2-4-8-14/h5-7,9-10H,2-4,8,11-13H2,1H3,(H,19,21)(H,20,22). The third kappa shape index (κ3) is 5.77. The third-order valence-corrected chi connectivity index (χ3v) is 3.86. The van der Waals surface area contributed by atoms with Crippen molar-refractivity contribution in [1.82, 2.24) is 5.32 Å². The Labute approximate surface area is 137 Å². The second kappa shape index (κ2) is 8.98. The quantitative estimate of drug-likeness (QED) is 0.600. The maximum atomic E-state index is 11.9. The molecular weight excluding hydrogens is 292 g/mol. The zero-order valence-electron chi connectivity index (χ0n) is 13.6. The summed E-state index contributed by atoms with van der Waals surface area (Å²) in [5.41, 5.74) is 1.98. The van der Waals surface area contributed by atoms with Gasteiger partial charge in [-0.3, -0.25) is 9.59 Å². The molecule has 0 heterocycles. The van der Waals surface area contributed by atoms with Crippen LogP contribution in [-0.2, 0) is 9.59 Å². The number of methoxy groups -OCH3 is 1. The summed E-state index contributed by atoms with van der Waals surface area (Å²) in [5, 5.41) is 5.50. The van der Waals surface area contributed by atoms with Crippen molar-refractivity contribution in [2.24, 2.45) is 0 Å². The molecule has 124 valence electrons. The van der Waals surface area contributed by atoms with Gasteiger partial charge in [0.15, 0.2) is 0 Å². The minimum Gasteiger partial charge on any atom is -0.495 e. The molecule has 0 saturated carbocycles. The van der Waals surface area contributed by atoms with Gasteiger partial charge in [0.2, 0.25) is 11.8 Å². The average molecular weight is 316 g/mol. The third-order valence-electron chi connectivity index (χ3n) is 3.86. The van der Waals surface area contributed by atoms with Crippen molar-refractivity contribution >= 4 is 17.5 Å². The summed E-state index contributed by atoms with van der Waals surface area (Å²) < 4.78 is 5.16. The minimum atomic E-state index is -0.344. The van der Waals surface area contributed by atoms with E-state index in [2.05, 4.69) is 16.7 Å². The number of carbonyl (C=O) groups excluding carboxylic acids is 2. The normalized spacial score (nSPS) is 13.9. The number of rotatable bonds is 7. The summed E-state index contributed by atoms with van der Waals surface area (Å²) in [6.45, 7) is 0.590. The van der Waals surface area contributed by atoms with Gasteiger partial charge in [-0.1, -0.05) is 23.8 Å². The number of hydrogen-bond donors (Lipinski definition) is 2. The number of carbonyl (C=O) groups is 2. The molecule has 0 bridgehead atoms. The van der Waals surface area contributed by atoms with Gasteiger partial charge in [0, 0.05) is 6.54 Å². The molecular formula is C18H24N2O3. The zero-order chi connectivity index (χ0) is 16.5. The summed E-state index contributed by atoms with van der Waals surface area (Å²) >= 11 is 0. The lowest BCUT2D eigenvalue weighted by atomic mass is 9.97. The van der Waals surface area contributed by atoms with E-state index in [1.165, 1.54) is 25.5 Å². The van der Waals surface area contributed by atoms with Crippen molar-refractivity contribution in [3.63, 3.8) is 0 Å². The Hall–Kier alpha value is -2.30. The molecule has 23 heavy (non-hydrogen) atoms. The van der Waals surface area contributed by atoms with E-state index < -0.39 is 0 Å². The molecule has 0 radical (unpaired) electrons. The summed E-state index contributed by atoms with van der Waals surface area (Å²) in [7, 11) is 1.54. The van der Waals surface area contributed by atoms with E-state index in [4.69, 9.17) is 4.74 Å². The lowest BCUT2D eigenvalue weighted by molar-refractivity contribution is -0.126. The van der Waals surface area contributed by atoms with E-state index in [-0.39, 0.29) is 18.2 Å². The number of benzene rings is 1. The first-order valence-electron chi connectivity index (χ1n) is 8.06. The topological polar surface area (TPSA) is 67.4 Å². The SMILES string of the molecule is COc1ccccc1NC(=O)CC(=O)NCCC1=CCCCC1. The van der Waals surface area contributed by atoms with E-state index in [0.717, 1.165) is 19.3 Å². The Kier molecular flexibility index (Phi) is 6.66. The van der Waals surface area contributed by atoms with Crippen LogP contribution < -0.4 is 15.4 Å². The second-order valence-corrected chi connectivity index (χ2v) is 5.63. The second-order valence-electron chi connectivity index (χ2n) is 5.63. The molecule has 0 unspecified atom stereocenters. The van der Waals surface area contributed by atoms with Gasteiger partial charge in [-0.05, 0) is 44.2 Å². The fourth-order valence-electron chi connectivity index (χ4n) is 2.64. The molecule has 0 fully saturated rings. The van der Waals surface area contributed by atoms with Crippen LogP contribution in [0.25, 0.3) is 0 Å². The number of ether oxygens (including phenoxy) is 1. The van der Waals surface area contributed by atoms with Crippen LogP contribution in [0.5, 0.6) is 5.75 Å². The average Bonchev–Trinajstić information content (AvgIpc) is 2.56. The van der Waals surface area contributed by atoms with Gasteiger partial charge in [0.1, 0.15) is 12.2 Å². The van der Waals surface area contributed by atoms with Gasteiger partial charge in [-0.2, -0.15) is 0 Å². The van der Waals surface area contributed by atoms with Crippen LogP contribution >= 0.6 is 0 Å². The fourth-order valence-corrected chi connectivity index (χ4v) is 2.64. The molecule has 2 amide bonds. The van der Waals surface area contributed by atoms with Crippen LogP contribution in [0, 0.1) is 0 Å². The molecule has 0 aromatic heterocycles. The molecule has 1 aromatic rings. The molecule has 0 aliphatic heterocycles. The number of amides is 2. The van der Waals surface area contributed by atoms with E-state index in [0.29, 0.717) is 18.0 Å². The van der Waals surface area contributed by atoms with Crippen LogP contribution in [0.15, 0.2) is 35.9 Å². The summed E-state index contributed by atoms with van der Waals surface area (Å²) in [4.78, 5) is 23.7. The molecule has 0 spiro atoms. The van der Waals surface area contributed by atoms with E-state index in [1.807, 2.05) is 6.07 Å². The highest BCUT2D eigenvalue weighted by molar-refractivity contribution is 6.04. The first kappa shape index (κ1) is 17.1. The van der Waals surface area contributed by atoms with Gasteiger partial charge in [-0.25, -0.2) is 0 Å². The number of anilines is 1.